The van der Waals surface area contributed by atoms with Crippen LogP contribution in [0.4, 0.5) is 10.5 Å². The van der Waals surface area contributed by atoms with E-state index in [4.69, 9.17) is 9.47 Å². The number of ether oxygens (including phenoxy) is 2. The maximum absolute atomic E-state index is 13.3. The zero-order valence-electron chi connectivity index (χ0n) is 32.1. The fourth-order valence-electron chi connectivity index (χ4n) is 9.03. The number of nitrogens with one attached hydrogen (secondary N) is 3. The third kappa shape index (κ3) is 9.84. The van der Waals surface area contributed by atoms with Gasteiger partial charge in [-0.1, -0.05) is 70.2 Å². The smallest absolute Gasteiger partial charge is 0.407 e. The Morgan fingerprint density at radius 1 is 0.964 bits per heavy atom. The average Bonchev–Trinajstić information content (AvgIpc) is 3.39. The molecule has 0 saturated carbocycles. The zero-order valence-corrected chi connectivity index (χ0v) is 32.1. The van der Waals surface area contributed by atoms with Gasteiger partial charge in [0.2, 0.25) is 11.8 Å². The van der Waals surface area contributed by atoms with E-state index in [1.54, 1.807) is 18.2 Å². The van der Waals surface area contributed by atoms with Crippen LogP contribution in [0.5, 0.6) is 0 Å². The second-order valence-electron chi connectivity index (χ2n) is 16.0. The highest BCUT2D eigenvalue weighted by atomic mass is 16.6. The van der Waals surface area contributed by atoms with Gasteiger partial charge in [0.25, 0.3) is 11.8 Å². The summed E-state index contributed by atoms with van der Waals surface area (Å²) in [4.78, 5) is 76.1. The molecular weight excluding hydrogens is 704 g/mol. The minimum absolute atomic E-state index is 0.0588. The van der Waals surface area contributed by atoms with E-state index >= 15 is 0 Å². The Balaban J connectivity index is 0.858. The predicted molar refractivity (Wildman–Crippen MR) is 204 cm³/mol. The Kier molecular flexibility index (Phi) is 13.4. The minimum atomic E-state index is -0.989. The molecule has 0 bridgehead atoms. The Morgan fingerprint density at radius 3 is 2.45 bits per heavy atom. The molecule has 8 atom stereocenters. The van der Waals surface area contributed by atoms with Crippen LogP contribution < -0.4 is 16.0 Å². The van der Waals surface area contributed by atoms with E-state index in [1.165, 1.54) is 5.57 Å². The van der Waals surface area contributed by atoms with Gasteiger partial charge in [-0.15, -0.1) is 0 Å². The summed E-state index contributed by atoms with van der Waals surface area (Å²) in [5.41, 5.74) is 2.32. The second kappa shape index (κ2) is 18.4. The van der Waals surface area contributed by atoms with Crippen LogP contribution in [-0.2, 0) is 23.9 Å². The number of rotatable bonds is 16. The summed E-state index contributed by atoms with van der Waals surface area (Å²) < 4.78 is 11.6. The van der Waals surface area contributed by atoms with Crippen LogP contribution in [0, 0.1) is 23.7 Å². The third-order valence-electron chi connectivity index (χ3n) is 11.8. The Bertz CT molecular complexity index is 1690. The Labute approximate surface area is 323 Å². The van der Waals surface area contributed by atoms with Crippen LogP contribution in [0.15, 0.2) is 42.0 Å². The van der Waals surface area contributed by atoms with Crippen molar-refractivity contribution in [1.82, 2.24) is 15.5 Å². The van der Waals surface area contributed by atoms with Gasteiger partial charge in [0.1, 0.15) is 18.2 Å². The van der Waals surface area contributed by atoms with Crippen LogP contribution in [0.1, 0.15) is 124 Å². The number of unbranched alkanes of at least 4 members (excludes halogenated alkanes) is 6. The molecular formula is C42H56N4O9. The van der Waals surface area contributed by atoms with Crippen LogP contribution in [0.2, 0.25) is 0 Å². The molecule has 1 aromatic rings. The fraction of sp³-hybridized carbons (Fsp3) is 0.619. The van der Waals surface area contributed by atoms with E-state index in [9.17, 15) is 33.9 Å². The average molecular weight is 761 g/mol. The number of alkyl carbamates (subject to hydrolysis) is 1. The van der Waals surface area contributed by atoms with Crippen molar-refractivity contribution >= 4 is 41.4 Å². The maximum Gasteiger partial charge on any atom is 0.407 e. The van der Waals surface area contributed by atoms with Gasteiger partial charge in [-0.25, -0.2) is 4.79 Å². The first kappa shape index (κ1) is 40.2. The number of allylic oxidation sites excluding steroid dienone is 3. The summed E-state index contributed by atoms with van der Waals surface area (Å²) in [7, 11) is 0. The molecule has 1 aromatic carbocycles. The summed E-state index contributed by atoms with van der Waals surface area (Å²) in [6.45, 7) is 5.53. The minimum Gasteiger partial charge on any atom is -0.462 e. The number of hydrogen-bond donors (Lipinski definition) is 4. The number of aliphatic hydroxyl groups excluding tert-OH is 1. The van der Waals surface area contributed by atoms with Crippen molar-refractivity contribution in [3.05, 3.63) is 53.1 Å². The third-order valence-corrected chi connectivity index (χ3v) is 11.8. The number of anilines is 1. The van der Waals surface area contributed by atoms with Crippen molar-refractivity contribution in [2.75, 3.05) is 18.4 Å². The van der Waals surface area contributed by atoms with Gasteiger partial charge >= 0.3 is 12.1 Å². The van der Waals surface area contributed by atoms with E-state index in [0.29, 0.717) is 37.5 Å². The van der Waals surface area contributed by atoms with Crippen molar-refractivity contribution in [3.63, 3.8) is 0 Å². The maximum atomic E-state index is 13.3. The molecule has 2 aliphatic carbocycles. The number of nitrogens with zero attached hydrogens (tertiary/aromatic N) is 1. The Hall–Kier alpha value is -4.52. The van der Waals surface area contributed by atoms with E-state index < -0.39 is 35.8 Å². The number of hydrogen-bond acceptors (Lipinski definition) is 10. The van der Waals surface area contributed by atoms with Crippen molar-refractivity contribution in [1.29, 1.82) is 0 Å². The molecule has 6 rings (SSSR count). The van der Waals surface area contributed by atoms with Gasteiger partial charge in [0, 0.05) is 37.5 Å². The molecule has 55 heavy (non-hydrogen) atoms. The van der Waals surface area contributed by atoms with Gasteiger partial charge in [-0.2, -0.15) is 0 Å². The number of carbonyl (C=O) groups is 6. The van der Waals surface area contributed by atoms with E-state index in [0.717, 1.165) is 62.7 Å². The molecule has 5 amide bonds. The molecule has 5 aliphatic rings. The lowest BCUT2D eigenvalue weighted by atomic mass is 9.65. The number of benzene rings is 1. The zero-order chi connectivity index (χ0) is 39.1. The first-order valence-electron chi connectivity index (χ1n) is 20.3. The first-order chi connectivity index (χ1) is 26.5. The van der Waals surface area contributed by atoms with E-state index in [2.05, 4.69) is 48.0 Å². The monoisotopic (exact) mass is 760 g/mol. The number of cyclic esters (lactones) is 1. The van der Waals surface area contributed by atoms with Gasteiger partial charge in [-0.3, -0.25) is 34.2 Å². The number of piperidine rings is 1. The molecule has 4 N–H and O–H groups in total. The molecule has 3 heterocycles. The lowest BCUT2D eigenvalue weighted by molar-refractivity contribution is -0.160. The molecule has 0 radical (unpaired) electrons. The summed E-state index contributed by atoms with van der Waals surface area (Å²) in [6, 6.07) is 4.09. The van der Waals surface area contributed by atoms with Crippen LogP contribution in [-0.4, -0.2) is 83.1 Å². The van der Waals surface area contributed by atoms with E-state index in [-0.39, 0.29) is 72.4 Å². The molecule has 3 aliphatic heterocycles. The summed E-state index contributed by atoms with van der Waals surface area (Å²) in [6.07, 6.45) is 15.1. The fourth-order valence-corrected chi connectivity index (χ4v) is 9.03. The molecule has 2 saturated heterocycles. The number of imide groups is 2. The summed E-state index contributed by atoms with van der Waals surface area (Å²) in [5, 5.41) is 18.6. The lowest BCUT2D eigenvalue weighted by Gasteiger charge is -2.43. The van der Waals surface area contributed by atoms with Gasteiger partial charge in [0.15, 0.2) is 0 Å². The molecule has 298 valence electrons. The van der Waals surface area contributed by atoms with Crippen molar-refractivity contribution < 1.29 is 43.3 Å². The molecule has 0 aromatic heterocycles. The van der Waals surface area contributed by atoms with E-state index in [1.807, 2.05) is 0 Å². The number of aliphatic hydroxyl groups is 1. The molecule has 13 heteroatoms. The predicted octanol–water partition coefficient (Wildman–Crippen LogP) is 5.58. The van der Waals surface area contributed by atoms with Gasteiger partial charge in [-0.05, 0) is 74.0 Å². The van der Waals surface area contributed by atoms with Crippen LogP contribution in [0.25, 0.3) is 0 Å². The van der Waals surface area contributed by atoms with Gasteiger partial charge in [0.05, 0.1) is 23.7 Å². The standard InChI is InChI=1S/C42H56N4O9/c1-25-21-27-14-13-26(2)30(16-15-29-23-28(47)24-36(49)54-29)37(27)34(22-25)55-42(53)44-20-9-7-5-3-4-6-8-19-43-32-12-10-11-31-38(32)41(52)46(40(31)51)33-17-18-35(48)45-39(33)50/h10-14,21,25-26,28-30,33-34,37,43,47H,3-9,15-20,22-24H2,1-2H3,(H,44,53)(H,45,48,50)/t25-,26-,28+,29+,30-,33?,34-,37-/m0/s1. The van der Waals surface area contributed by atoms with Crippen LogP contribution in [0.3, 0.4) is 0 Å². The highest BCUT2D eigenvalue weighted by Crippen LogP contribution is 2.45. The topological polar surface area (TPSA) is 180 Å². The highest BCUT2D eigenvalue weighted by molar-refractivity contribution is 6.25. The van der Waals surface area contributed by atoms with Crippen molar-refractivity contribution in [2.45, 2.75) is 128 Å². The normalized spacial score (nSPS) is 28.9. The Morgan fingerprint density at radius 2 is 1.71 bits per heavy atom. The highest BCUT2D eigenvalue weighted by Gasteiger charge is 2.46. The molecule has 13 nitrogen and oxygen atoms in total. The number of amides is 5. The SMILES string of the molecule is C[C@H]1C=C2C=C[C@H](C)[C@H](CC[C@@H]3C[C@@H](O)CC(=O)O3)[C@H]2[C@@H](OC(=O)NCCCCCCCCCNc2cccc3c2C(=O)N(C2CCC(=O)NC2=O)C3=O)C1. The van der Waals surface area contributed by atoms with Crippen molar-refractivity contribution in [3.8, 4) is 0 Å². The molecule has 0 spiro atoms. The second-order valence-corrected chi connectivity index (χ2v) is 16.0. The molecule has 2 fully saturated rings. The lowest BCUT2D eigenvalue weighted by Crippen LogP contribution is -2.54. The number of fused-ring (bicyclic) bond motifs is 2. The number of esters is 1. The quantitative estimate of drug-likeness (QED) is 0.0945. The largest absolute Gasteiger partial charge is 0.462 e. The van der Waals surface area contributed by atoms with Crippen molar-refractivity contribution in [2.24, 2.45) is 23.7 Å². The first-order valence-corrected chi connectivity index (χ1v) is 20.3. The number of carbonyl (C=O) groups excluding carboxylic acids is 6. The van der Waals surface area contributed by atoms with Gasteiger partial charge < -0.3 is 25.2 Å². The summed E-state index contributed by atoms with van der Waals surface area (Å²) in [5.74, 6) is -1.50. The van der Waals surface area contributed by atoms with Crippen LogP contribution >= 0.6 is 0 Å². The molecule has 1 unspecified atom stereocenters. The summed E-state index contributed by atoms with van der Waals surface area (Å²) >= 11 is 0.